The van der Waals surface area contributed by atoms with E-state index in [9.17, 15) is 9.59 Å². The molecule has 2 aromatic rings. The molecule has 1 aromatic carbocycles. The van der Waals surface area contributed by atoms with Gasteiger partial charge in [0.2, 0.25) is 5.91 Å². The fraction of sp³-hybridized carbons (Fsp3) is 0.294. The molecule has 0 aliphatic heterocycles. The van der Waals surface area contributed by atoms with Gasteiger partial charge in [0.15, 0.2) is 0 Å². The van der Waals surface area contributed by atoms with Crippen molar-refractivity contribution in [2.24, 2.45) is 0 Å². The predicted molar refractivity (Wildman–Crippen MR) is 98.5 cm³/mol. The topological polar surface area (TPSA) is 67.4 Å². The van der Waals surface area contributed by atoms with Crippen LogP contribution in [0.1, 0.15) is 35.1 Å². The van der Waals surface area contributed by atoms with Crippen LogP contribution in [0.4, 0.5) is 0 Å². The molecule has 24 heavy (non-hydrogen) atoms. The molecule has 0 saturated carbocycles. The number of benzene rings is 1. The molecule has 2 rings (SSSR count). The Labute approximate surface area is 153 Å². The lowest BCUT2D eigenvalue weighted by Crippen LogP contribution is -2.45. The van der Waals surface area contributed by atoms with Crippen LogP contribution >= 0.6 is 27.3 Å². The Kier molecular flexibility index (Phi) is 6.39. The Hall–Kier alpha value is -1.86. The van der Waals surface area contributed by atoms with Gasteiger partial charge in [-0.05, 0) is 58.9 Å². The van der Waals surface area contributed by atoms with E-state index in [1.54, 1.807) is 26.2 Å². The van der Waals surface area contributed by atoms with Crippen molar-refractivity contribution in [3.8, 4) is 5.75 Å². The van der Waals surface area contributed by atoms with Gasteiger partial charge in [-0.2, -0.15) is 0 Å². The van der Waals surface area contributed by atoms with E-state index >= 15 is 0 Å². The average Bonchev–Trinajstić information content (AvgIpc) is 3.09. The number of halogens is 1. The number of amides is 2. The number of thiophene rings is 1. The van der Waals surface area contributed by atoms with Gasteiger partial charge in [0.25, 0.3) is 5.91 Å². The van der Waals surface area contributed by atoms with Gasteiger partial charge in [-0.3, -0.25) is 9.59 Å². The molecule has 1 aromatic heterocycles. The minimum atomic E-state index is -0.622. The second-order valence-corrected chi connectivity index (χ2v) is 7.10. The summed E-state index contributed by atoms with van der Waals surface area (Å²) in [7, 11) is 1.60. The van der Waals surface area contributed by atoms with Crippen molar-refractivity contribution in [3.05, 3.63) is 50.6 Å². The van der Waals surface area contributed by atoms with Crippen molar-refractivity contribution < 1.29 is 14.3 Å². The zero-order valence-electron chi connectivity index (χ0n) is 13.6. The monoisotopic (exact) mass is 410 g/mol. The molecule has 2 amide bonds. The maximum atomic E-state index is 12.3. The maximum Gasteiger partial charge on any atom is 0.261 e. The third-order valence-electron chi connectivity index (χ3n) is 3.52. The van der Waals surface area contributed by atoms with E-state index in [0.29, 0.717) is 4.88 Å². The summed E-state index contributed by atoms with van der Waals surface area (Å²) in [6.07, 6.45) is 0. The van der Waals surface area contributed by atoms with E-state index in [2.05, 4.69) is 26.6 Å². The van der Waals surface area contributed by atoms with E-state index in [1.807, 2.05) is 30.5 Å². The third kappa shape index (κ3) is 4.58. The molecule has 0 spiro atoms. The number of ether oxygens (including phenoxy) is 1. The van der Waals surface area contributed by atoms with Gasteiger partial charge in [0.05, 0.1) is 22.5 Å². The molecular weight excluding hydrogens is 392 g/mol. The molecule has 0 saturated heterocycles. The second kappa shape index (κ2) is 8.30. The van der Waals surface area contributed by atoms with Crippen LogP contribution < -0.4 is 15.4 Å². The van der Waals surface area contributed by atoms with Crippen LogP contribution in [-0.2, 0) is 4.79 Å². The lowest BCUT2D eigenvalue weighted by molar-refractivity contribution is -0.123. The second-order valence-electron chi connectivity index (χ2n) is 5.30. The summed E-state index contributed by atoms with van der Waals surface area (Å²) in [5, 5.41) is 7.42. The SMILES string of the molecule is COc1ccc(C(C)NC(=O)C(C)NC(=O)c2cccs2)cc1Br. The van der Waals surface area contributed by atoms with Crippen LogP contribution in [0.2, 0.25) is 0 Å². The molecule has 7 heteroatoms. The Morgan fingerprint density at radius 2 is 1.96 bits per heavy atom. The average molecular weight is 411 g/mol. The van der Waals surface area contributed by atoms with Crippen molar-refractivity contribution in [1.29, 1.82) is 0 Å². The van der Waals surface area contributed by atoms with E-state index < -0.39 is 6.04 Å². The highest BCUT2D eigenvalue weighted by molar-refractivity contribution is 9.10. The van der Waals surface area contributed by atoms with E-state index in [0.717, 1.165) is 15.8 Å². The zero-order chi connectivity index (χ0) is 17.7. The summed E-state index contributed by atoms with van der Waals surface area (Å²) >= 11 is 4.77. The third-order valence-corrected chi connectivity index (χ3v) is 5.01. The molecule has 1 heterocycles. The number of nitrogens with one attached hydrogen (secondary N) is 2. The van der Waals surface area contributed by atoms with Crippen molar-refractivity contribution in [3.63, 3.8) is 0 Å². The van der Waals surface area contributed by atoms with Crippen molar-refractivity contribution >= 4 is 39.1 Å². The summed E-state index contributed by atoms with van der Waals surface area (Å²) in [5.74, 6) is 0.251. The highest BCUT2D eigenvalue weighted by Gasteiger charge is 2.19. The van der Waals surface area contributed by atoms with Crippen molar-refractivity contribution in [1.82, 2.24) is 10.6 Å². The standard InChI is InChI=1S/C17H19BrN2O3S/c1-10(12-6-7-14(23-3)13(18)9-12)19-16(21)11(2)20-17(22)15-5-4-8-24-15/h4-11H,1-3H3,(H,19,21)(H,20,22). The van der Waals surface area contributed by atoms with Crippen molar-refractivity contribution in [2.75, 3.05) is 7.11 Å². The molecule has 0 bridgehead atoms. The van der Waals surface area contributed by atoms with E-state index in [-0.39, 0.29) is 17.9 Å². The predicted octanol–water partition coefficient (Wildman–Crippen LogP) is 3.51. The molecule has 0 aliphatic rings. The van der Waals surface area contributed by atoms with Crippen LogP contribution in [0.5, 0.6) is 5.75 Å². The first-order valence-corrected chi connectivity index (χ1v) is 9.07. The van der Waals surface area contributed by atoms with Crippen LogP contribution in [-0.4, -0.2) is 25.0 Å². The largest absolute Gasteiger partial charge is 0.496 e. The van der Waals surface area contributed by atoms with E-state index in [4.69, 9.17) is 4.74 Å². The molecule has 128 valence electrons. The first-order valence-electron chi connectivity index (χ1n) is 7.40. The maximum absolute atomic E-state index is 12.3. The lowest BCUT2D eigenvalue weighted by Gasteiger charge is -2.19. The molecule has 0 fully saturated rings. The summed E-state index contributed by atoms with van der Waals surface area (Å²) < 4.78 is 6.02. The molecule has 5 nitrogen and oxygen atoms in total. The van der Waals surface area contributed by atoms with Crippen molar-refractivity contribution in [2.45, 2.75) is 25.9 Å². The number of carbonyl (C=O) groups is 2. The Bertz CT molecular complexity index is 719. The number of hydrogen-bond acceptors (Lipinski definition) is 4. The quantitative estimate of drug-likeness (QED) is 0.765. The normalized spacial score (nSPS) is 13.0. The first-order chi connectivity index (χ1) is 11.4. The number of carbonyl (C=O) groups excluding carboxylic acids is 2. The highest BCUT2D eigenvalue weighted by Crippen LogP contribution is 2.27. The van der Waals surface area contributed by atoms with Gasteiger partial charge in [0.1, 0.15) is 11.8 Å². The summed E-state index contributed by atoms with van der Waals surface area (Å²) in [6.45, 7) is 3.55. The van der Waals surface area contributed by atoms with E-state index in [1.165, 1.54) is 11.3 Å². The van der Waals surface area contributed by atoms with Crippen LogP contribution in [0, 0.1) is 0 Å². The zero-order valence-corrected chi connectivity index (χ0v) is 16.0. The Morgan fingerprint density at radius 3 is 2.54 bits per heavy atom. The summed E-state index contributed by atoms with van der Waals surface area (Å²) in [5.41, 5.74) is 0.938. The molecule has 0 aliphatic carbocycles. The Morgan fingerprint density at radius 1 is 1.21 bits per heavy atom. The number of hydrogen-bond donors (Lipinski definition) is 2. The van der Waals surface area contributed by atoms with Crippen LogP contribution in [0.15, 0.2) is 40.2 Å². The minimum Gasteiger partial charge on any atom is -0.496 e. The van der Waals surface area contributed by atoms with Gasteiger partial charge in [-0.1, -0.05) is 12.1 Å². The first kappa shape index (κ1) is 18.5. The highest BCUT2D eigenvalue weighted by atomic mass is 79.9. The summed E-state index contributed by atoms with van der Waals surface area (Å²) in [4.78, 5) is 24.9. The van der Waals surface area contributed by atoms with Gasteiger partial charge < -0.3 is 15.4 Å². The Balaban J connectivity index is 1.95. The summed E-state index contributed by atoms with van der Waals surface area (Å²) in [6, 6.07) is 8.34. The van der Waals surface area contributed by atoms with Gasteiger partial charge in [-0.25, -0.2) is 0 Å². The van der Waals surface area contributed by atoms with Gasteiger partial charge >= 0.3 is 0 Å². The fourth-order valence-corrected chi connectivity index (χ4v) is 3.30. The number of rotatable bonds is 6. The molecular formula is C17H19BrN2O3S. The van der Waals surface area contributed by atoms with Crippen LogP contribution in [0.25, 0.3) is 0 Å². The van der Waals surface area contributed by atoms with Gasteiger partial charge in [0, 0.05) is 0 Å². The smallest absolute Gasteiger partial charge is 0.261 e. The number of methoxy groups -OCH3 is 1. The fourth-order valence-electron chi connectivity index (χ4n) is 2.11. The van der Waals surface area contributed by atoms with Crippen LogP contribution in [0.3, 0.4) is 0 Å². The minimum absolute atomic E-state index is 0.194. The molecule has 2 unspecified atom stereocenters. The molecule has 2 atom stereocenters. The lowest BCUT2D eigenvalue weighted by atomic mass is 10.1. The molecule has 0 radical (unpaired) electrons. The van der Waals surface area contributed by atoms with Gasteiger partial charge in [-0.15, -0.1) is 11.3 Å². The molecule has 2 N–H and O–H groups in total.